The van der Waals surface area contributed by atoms with E-state index >= 15 is 0 Å². The highest BCUT2D eigenvalue weighted by Crippen LogP contribution is 2.49. The predicted octanol–water partition coefficient (Wildman–Crippen LogP) is 5.50. The smallest absolute Gasteiger partial charge is 0.418 e. The minimum absolute atomic E-state index is 0.234. The SMILES string of the molecule is CCCCOP(=O)(OCCCC)OCCCC.CN1C=CN(CCO)C1.F[B-](F)(F)F. The Morgan fingerprint density at radius 2 is 1.29 bits per heavy atom. The molecule has 0 unspecified atom stereocenters. The molecule has 0 saturated carbocycles. The molecule has 31 heavy (non-hydrogen) atoms. The van der Waals surface area contributed by atoms with Crippen LogP contribution in [0.25, 0.3) is 0 Å². The molecule has 0 aromatic rings. The molecule has 0 atom stereocenters. The molecule has 0 radical (unpaired) electrons. The van der Waals surface area contributed by atoms with Gasteiger partial charge in [0.05, 0.1) is 33.1 Å². The minimum Gasteiger partial charge on any atom is -0.418 e. The van der Waals surface area contributed by atoms with Crippen molar-refractivity contribution in [3.8, 4) is 0 Å². The van der Waals surface area contributed by atoms with Crippen molar-refractivity contribution in [3.63, 3.8) is 0 Å². The first-order valence-electron chi connectivity index (χ1n) is 10.7. The Morgan fingerprint density at radius 3 is 1.55 bits per heavy atom. The topological polar surface area (TPSA) is 71.5 Å². The van der Waals surface area contributed by atoms with Gasteiger partial charge in [-0.1, -0.05) is 40.0 Å². The van der Waals surface area contributed by atoms with Crippen molar-refractivity contribution in [2.75, 3.05) is 46.7 Å². The van der Waals surface area contributed by atoms with Crippen molar-refractivity contribution >= 4 is 15.1 Å². The molecular formula is C18H39BF4N2O5P-. The van der Waals surface area contributed by atoms with E-state index in [1.165, 1.54) is 0 Å². The number of β-amino-alcohol motifs (C(OH)–C–C–N with tert-alkyl or cyclic N) is 1. The summed E-state index contributed by atoms with van der Waals surface area (Å²) in [5.74, 6) is 0. The summed E-state index contributed by atoms with van der Waals surface area (Å²) in [6.07, 6.45) is 9.61. The van der Waals surface area contributed by atoms with E-state index in [0.717, 1.165) is 51.7 Å². The Labute approximate surface area is 184 Å². The third-order valence-electron chi connectivity index (χ3n) is 3.57. The van der Waals surface area contributed by atoms with Gasteiger partial charge in [0, 0.05) is 26.0 Å². The van der Waals surface area contributed by atoms with E-state index in [-0.39, 0.29) is 6.61 Å². The summed E-state index contributed by atoms with van der Waals surface area (Å²) in [6, 6.07) is 0. The Morgan fingerprint density at radius 1 is 0.903 bits per heavy atom. The van der Waals surface area contributed by atoms with Gasteiger partial charge in [-0.05, 0) is 19.3 Å². The zero-order valence-electron chi connectivity index (χ0n) is 19.2. The van der Waals surface area contributed by atoms with Gasteiger partial charge in [-0.3, -0.25) is 13.6 Å². The molecule has 1 N–H and O–H groups in total. The summed E-state index contributed by atoms with van der Waals surface area (Å²) >= 11 is 0. The first-order chi connectivity index (χ1) is 14.5. The summed E-state index contributed by atoms with van der Waals surface area (Å²) in [5.41, 5.74) is 0. The van der Waals surface area contributed by atoms with Crippen LogP contribution in [0.15, 0.2) is 12.4 Å². The molecule has 0 aromatic heterocycles. The van der Waals surface area contributed by atoms with Crippen LogP contribution in [0.4, 0.5) is 17.3 Å². The van der Waals surface area contributed by atoms with Crippen LogP contribution in [0.3, 0.4) is 0 Å². The third-order valence-corrected chi connectivity index (χ3v) is 5.06. The normalized spacial score (nSPS) is 13.6. The second-order valence-corrected chi connectivity index (χ2v) is 8.40. The van der Waals surface area contributed by atoms with Gasteiger partial charge >= 0.3 is 15.1 Å². The van der Waals surface area contributed by atoms with Crippen molar-refractivity contribution in [3.05, 3.63) is 12.4 Å². The molecular weight excluding hydrogens is 442 g/mol. The van der Waals surface area contributed by atoms with Gasteiger partial charge in [0.25, 0.3) is 0 Å². The van der Waals surface area contributed by atoms with Crippen LogP contribution < -0.4 is 0 Å². The van der Waals surface area contributed by atoms with E-state index in [0.29, 0.717) is 19.8 Å². The largest absolute Gasteiger partial charge is 0.673 e. The van der Waals surface area contributed by atoms with Crippen molar-refractivity contribution in [2.24, 2.45) is 0 Å². The lowest BCUT2D eigenvalue weighted by Crippen LogP contribution is -2.24. The Kier molecular flexibility index (Phi) is 20.7. The predicted molar refractivity (Wildman–Crippen MR) is 116 cm³/mol. The lowest BCUT2D eigenvalue weighted by molar-refractivity contribution is 0.110. The Hall–Kier alpha value is -0.805. The van der Waals surface area contributed by atoms with Crippen LogP contribution in [0.5, 0.6) is 0 Å². The van der Waals surface area contributed by atoms with E-state index in [4.69, 9.17) is 18.7 Å². The second-order valence-electron chi connectivity index (χ2n) is 6.73. The standard InChI is InChI=1S/C12H27O4P.C6H12N2O.BF4/c1-4-7-10-14-17(13,15-11-8-5-2)16-12-9-6-3;1-7-2-3-8(6-7)4-5-9;2-1(3,4)5/h4-12H2,1-3H3;2-3,9H,4-6H2,1H3;/q;;-1. The molecule has 0 aromatic carbocycles. The first kappa shape index (κ1) is 32.4. The molecule has 13 heteroatoms. The number of unbranched alkanes of at least 4 members (excludes halogenated alkanes) is 3. The van der Waals surface area contributed by atoms with E-state index in [1.807, 2.05) is 19.4 Å². The molecule has 1 heterocycles. The zero-order valence-corrected chi connectivity index (χ0v) is 20.0. The minimum atomic E-state index is -6.00. The number of aliphatic hydroxyl groups is 1. The molecule has 0 amide bonds. The molecule has 0 aliphatic carbocycles. The first-order valence-corrected chi connectivity index (χ1v) is 12.1. The number of phosphoric ester groups is 1. The quantitative estimate of drug-likeness (QED) is 0.152. The van der Waals surface area contributed by atoms with Crippen molar-refractivity contribution in [1.29, 1.82) is 0 Å². The Balaban J connectivity index is 0. The maximum Gasteiger partial charge on any atom is 0.673 e. The fraction of sp³-hybridized carbons (Fsp3) is 0.889. The summed E-state index contributed by atoms with van der Waals surface area (Å²) in [6.45, 7) is 9.36. The number of aliphatic hydroxyl groups excluding tert-OH is 1. The molecule has 0 fully saturated rings. The van der Waals surface area contributed by atoms with Crippen LogP contribution in [-0.4, -0.2) is 68.8 Å². The van der Waals surface area contributed by atoms with E-state index < -0.39 is 15.1 Å². The molecule has 1 aliphatic rings. The van der Waals surface area contributed by atoms with Gasteiger partial charge in [0.2, 0.25) is 0 Å². The Bertz CT molecular complexity index is 451. The van der Waals surface area contributed by atoms with Crippen molar-refractivity contribution in [2.45, 2.75) is 59.3 Å². The zero-order chi connectivity index (χ0) is 24.2. The highest BCUT2D eigenvalue weighted by Gasteiger charge is 2.25. The van der Waals surface area contributed by atoms with Crippen LogP contribution in [0.1, 0.15) is 59.3 Å². The maximum absolute atomic E-state index is 12.2. The van der Waals surface area contributed by atoms with Gasteiger partial charge < -0.3 is 32.2 Å². The molecule has 1 rings (SSSR count). The summed E-state index contributed by atoms with van der Waals surface area (Å²) in [7, 11) is -7.30. The highest BCUT2D eigenvalue weighted by molar-refractivity contribution is 7.48. The average molecular weight is 481 g/mol. The van der Waals surface area contributed by atoms with Crippen LogP contribution in [-0.2, 0) is 18.1 Å². The number of halogens is 4. The summed E-state index contributed by atoms with van der Waals surface area (Å²) in [5, 5.41) is 8.52. The van der Waals surface area contributed by atoms with Crippen LogP contribution in [0.2, 0.25) is 0 Å². The van der Waals surface area contributed by atoms with Crippen molar-refractivity contribution < 1.29 is 40.5 Å². The molecule has 188 valence electrons. The van der Waals surface area contributed by atoms with Gasteiger partial charge in [-0.15, -0.1) is 0 Å². The number of rotatable bonds is 14. The number of hydrogen-bond donors (Lipinski definition) is 1. The fourth-order valence-corrected chi connectivity index (χ4v) is 3.22. The third kappa shape index (κ3) is 25.3. The van der Waals surface area contributed by atoms with Gasteiger partial charge in [-0.25, -0.2) is 4.57 Å². The molecule has 1 aliphatic heterocycles. The van der Waals surface area contributed by atoms with E-state index in [1.54, 1.807) is 0 Å². The van der Waals surface area contributed by atoms with Crippen molar-refractivity contribution in [1.82, 2.24) is 9.80 Å². The lowest BCUT2D eigenvalue weighted by atomic mass is 10.3. The maximum atomic E-state index is 12.2. The molecule has 0 bridgehead atoms. The number of phosphoric acid groups is 1. The summed E-state index contributed by atoms with van der Waals surface area (Å²) in [4.78, 5) is 4.12. The van der Waals surface area contributed by atoms with Gasteiger partial charge in [0.1, 0.15) is 0 Å². The van der Waals surface area contributed by atoms with Crippen LogP contribution in [0, 0.1) is 0 Å². The fourth-order valence-electron chi connectivity index (χ4n) is 1.94. The monoisotopic (exact) mass is 481 g/mol. The highest BCUT2D eigenvalue weighted by atomic mass is 31.2. The van der Waals surface area contributed by atoms with E-state index in [9.17, 15) is 21.8 Å². The van der Waals surface area contributed by atoms with E-state index in [2.05, 4.69) is 30.6 Å². The second kappa shape index (κ2) is 19.8. The summed E-state index contributed by atoms with van der Waals surface area (Å²) < 4.78 is 67.0. The average Bonchev–Trinajstić information content (AvgIpc) is 3.07. The molecule has 0 spiro atoms. The van der Waals surface area contributed by atoms with Gasteiger partial charge in [-0.2, -0.15) is 0 Å². The molecule has 0 saturated heterocycles. The number of nitrogens with zero attached hydrogens (tertiary/aromatic N) is 2. The van der Waals surface area contributed by atoms with Crippen LogP contribution >= 0.6 is 7.82 Å². The van der Waals surface area contributed by atoms with Gasteiger partial charge in [0.15, 0.2) is 0 Å². The lowest BCUT2D eigenvalue weighted by Gasteiger charge is -2.17. The molecule has 7 nitrogen and oxygen atoms in total. The number of hydrogen-bond acceptors (Lipinski definition) is 7.